The van der Waals surface area contributed by atoms with Gasteiger partial charge in [0.05, 0.1) is 6.54 Å². The lowest BCUT2D eigenvalue weighted by Gasteiger charge is -2.06. The predicted octanol–water partition coefficient (Wildman–Crippen LogP) is 5.59. The molecule has 0 atom stereocenters. The average Bonchev–Trinajstić information content (AvgIpc) is 3.12. The SMILES string of the molecule is Clc1cccc(Cn2nc(CNCc3ccccc3Cl)c(-c3ccccc3)n2)c1. The van der Waals surface area contributed by atoms with Crippen LogP contribution >= 0.6 is 23.2 Å². The third-order valence-corrected chi connectivity index (χ3v) is 5.15. The predicted molar refractivity (Wildman–Crippen MR) is 118 cm³/mol. The molecule has 4 rings (SSSR count). The third-order valence-electron chi connectivity index (χ3n) is 4.55. The van der Waals surface area contributed by atoms with E-state index in [1.165, 1.54) is 0 Å². The first kappa shape index (κ1) is 19.6. The highest BCUT2D eigenvalue weighted by molar-refractivity contribution is 6.31. The van der Waals surface area contributed by atoms with E-state index in [4.69, 9.17) is 33.4 Å². The van der Waals surface area contributed by atoms with Crippen molar-refractivity contribution in [2.24, 2.45) is 0 Å². The van der Waals surface area contributed by atoms with Crippen LogP contribution in [-0.2, 0) is 19.6 Å². The summed E-state index contributed by atoms with van der Waals surface area (Å²) in [6.45, 7) is 1.81. The van der Waals surface area contributed by atoms with Crippen LogP contribution in [0, 0.1) is 0 Å². The third kappa shape index (κ3) is 5.04. The van der Waals surface area contributed by atoms with Crippen molar-refractivity contribution >= 4 is 23.2 Å². The molecule has 0 spiro atoms. The van der Waals surface area contributed by atoms with Gasteiger partial charge in [0, 0.05) is 28.7 Å². The molecular weight excluding hydrogens is 403 g/mol. The Morgan fingerprint density at radius 2 is 1.59 bits per heavy atom. The molecule has 1 aromatic heterocycles. The molecule has 1 heterocycles. The molecule has 0 unspecified atom stereocenters. The van der Waals surface area contributed by atoms with Crippen molar-refractivity contribution in [1.29, 1.82) is 0 Å². The number of benzene rings is 3. The molecular formula is C23H20Cl2N4. The second-order valence-corrected chi connectivity index (χ2v) is 7.56. The van der Waals surface area contributed by atoms with E-state index >= 15 is 0 Å². The molecule has 3 aromatic carbocycles. The zero-order valence-corrected chi connectivity index (χ0v) is 17.2. The maximum atomic E-state index is 6.26. The highest BCUT2D eigenvalue weighted by Crippen LogP contribution is 2.21. The van der Waals surface area contributed by atoms with Gasteiger partial charge in [0.2, 0.25) is 0 Å². The first-order valence-electron chi connectivity index (χ1n) is 9.37. The van der Waals surface area contributed by atoms with Gasteiger partial charge >= 0.3 is 0 Å². The molecule has 1 N–H and O–H groups in total. The van der Waals surface area contributed by atoms with Crippen molar-refractivity contribution in [3.05, 3.63) is 106 Å². The molecule has 0 saturated carbocycles. The maximum Gasteiger partial charge on any atom is 0.117 e. The van der Waals surface area contributed by atoms with Gasteiger partial charge in [-0.3, -0.25) is 0 Å². The molecule has 4 aromatic rings. The van der Waals surface area contributed by atoms with Crippen molar-refractivity contribution in [2.75, 3.05) is 0 Å². The molecule has 29 heavy (non-hydrogen) atoms. The number of halogens is 2. The normalized spacial score (nSPS) is 11.0. The fraction of sp³-hybridized carbons (Fsp3) is 0.130. The van der Waals surface area contributed by atoms with Crippen molar-refractivity contribution in [2.45, 2.75) is 19.6 Å². The van der Waals surface area contributed by atoms with Gasteiger partial charge < -0.3 is 5.32 Å². The van der Waals surface area contributed by atoms with Crippen LogP contribution in [0.15, 0.2) is 78.9 Å². The van der Waals surface area contributed by atoms with Gasteiger partial charge in [-0.15, -0.1) is 0 Å². The zero-order chi connectivity index (χ0) is 20.1. The lowest BCUT2D eigenvalue weighted by molar-refractivity contribution is 0.576. The van der Waals surface area contributed by atoms with Crippen LogP contribution in [0.4, 0.5) is 0 Å². The van der Waals surface area contributed by atoms with E-state index in [1.54, 1.807) is 4.80 Å². The van der Waals surface area contributed by atoms with E-state index in [0.717, 1.165) is 33.1 Å². The van der Waals surface area contributed by atoms with Gasteiger partial charge in [0.1, 0.15) is 11.4 Å². The molecule has 0 fully saturated rings. The van der Waals surface area contributed by atoms with Crippen LogP contribution in [0.1, 0.15) is 16.8 Å². The molecule has 0 radical (unpaired) electrons. The Labute approximate surface area is 180 Å². The number of hydrogen-bond acceptors (Lipinski definition) is 3. The lowest BCUT2D eigenvalue weighted by Crippen LogP contribution is -2.14. The standard InChI is InChI=1S/C23H20Cl2N4/c24-20-11-6-7-17(13-20)16-29-27-22(23(28-29)18-8-2-1-3-9-18)15-26-14-19-10-4-5-12-21(19)25/h1-13,26H,14-16H2. The van der Waals surface area contributed by atoms with Gasteiger partial charge in [-0.1, -0.05) is 83.9 Å². The fourth-order valence-corrected chi connectivity index (χ4v) is 3.56. The van der Waals surface area contributed by atoms with Crippen LogP contribution in [0.2, 0.25) is 10.0 Å². The molecule has 6 heteroatoms. The summed E-state index contributed by atoms with van der Waals surface area (Å²) in [7, 11) is 0. The molecule has 0 aliphatic rings. The topological polar surface area (TPSA) is 42.7 Å². The number of aromatic nitrogens is 3. The van der Waals surface area contributed by atoms with E-state index in [1.807, 2.05) is 78.9 Å². The zero-order valence-electron chi connectivity index (χ0n) is 15.7. The van der Waals surface area contributed by atoms with Crippen LogP contribution in [0.5, 0.6) is 0 Å². The number of nitrogens with one attached hydrogen (secondary N) is 1. The first-order chi connectivity index (χ1) is 14.2. The Balaban J connectivity index is 1.55. The minimum Gasteiger partial charge on any atom is -0.307 e. The molecule has 0 saturated heterocycles. The van der Waals surface area contributed by atoms with Crippen molar-refractivity contribution in [3.63, 3.8) is 0 Å². The summed E-state index contributed by atoms with van der Waals surface area (Å²) in [6.07, 6.45) is 0. The van der Waals surface area contributed by atoms with Crippen LogP contribution < -0.4 is 5.32 Å². The van der Waals surface area contributed by atoms with E-state index in [0.29, 0.717) is 24.7 Å². The summed E-state index contributed by atoms with van der Waals surface area (Å²) < 4.78 is 0. The molecule has 146 valence electrons. The monoisotopic (exact) mass is 422 g/mol. The Bertz CT molecular complexity index is 1090. The Morgan fingerprint density at radius 3 is 2.38 bits per heavy atom. The van der Waals surface area contributed by atoms with Crippen LogP contribution in [0.25, 0.3) is 11.3 Å². The number of rotatable bonds is 7. The smallest absolute Gasteiger partial charge is 0.117 e. The van der Waals surface area contributed by atoms with Crippen LogP contribution in [-0.4, -0.2) is 15.0 Å². The Morgan fingerprint density at radius 1 is 0.793 bits per heavy atom. The van der Waals surface area contributed by atoms with Gasteiger partial charge in [0.15, 0.2) is 0 Å². The second kappa shape index (κ2) is 9.23. The fourth-order valence-electron chi connectivity index (χ4n) is 3.15. The van der Waals surface area contributed by atoms with E-state index < -0.39 is 0 Å². The maximum absolute atomic E-state index is 6.26. The van der Waals surface area contributed by atoms with Gasteiger partial charge in [0.25, 0.3) is 0 Å². The van der Waals surface area contributed by atoms with Crippen molar-refractivity contribution in [1.82, 2.24) is 20.3 Å². The highest BCUT2D eigenvalue weighted by Gasteiger charge is 2.13. The Kier molecular flexibility index (Phi) is 6.25. The summed E-state index contributed by atoms with van der Waals surface area (Å²) in [5, 5.41) is 14.4. The summed E-state index contributed by atoms with van der Waals surface area (Å²) in [4.78, 5) is 1.72. The largest absolute Gasteiger partial charge is 0.307 e. The minimum absolute atomic E-state index is 0.560. The van der Waals surface area contributed by atoms with E-state index in [-0.39, 0.29) is 0 Å². The van der Waals surface area contributed by atoms with E-state index in [9.17, 15) is 0 Å². The molecule has 0 amide bonds. The average molecular weight is 423 g/mol. The van der Waals surface area contributed by atoms with Crippen LogP contribution in [0.3, 0.4) is 0 Å². The van der Waals surface area contributed by atoms with Gasteiger partial charge in [-0.05, 0) is 29.3 Å². The minimum atomic E-state index is 0.560. The summed E-state index contributed by atoms with van der Waals surface area (Å²) in [6, 6.07) is 25.7. The van der Waals surface area contributed by atoms with Crippen molar-refractivity contribution in [3.8, 4) is 11.3 Å². The quantitative estimate of drug-likeness (QED) is 0.421. The lowest BCUT2D eigenvalue weighted by atomic mass is 10.1. The molecule has 0 bridgehead atoms. The number of nitrogens with zero attached hydrogens (tertiary/aromatic N) is 3. The summed E-state index contributed by atoms with van der Waals surface area (Å²) in [5.41, 5.74) is 4.92. The highest BCUT2D eigenvalue weighted by atomic mass is 35.5. The summed E-state index contributed by atoms with van der Waals surface area (Å²) in [5.74, 6) is 0. The second-order valence-electron chi connectivity index (χ2n) is 6.72. The van der Waals surface area contributed by atoms with Gasteiger partial charge in [-0.2, -0.15) is 15.0 Å². The molecule has 0 aliphatic heterocycles. The Hall–Kier alpha value is -2.66. The van der Waals surface area contributed by atoms with Gasteiger partial charge in [-0.25, -0.2) is 0 Å². The first-order valence-corrected chi connectivity index (χ1v) is 10.1. The van der Waals surface area contributed by atoms with E-state index in [2.05, 4.69) is 5.32 Å². The summed E-state index contributed by atoms with van der Waals surface area (Å²) >= 11 is 12.4. The molecule has 4 nitrogen and oxygen atoms in total. The van der Waals surface area contributed by atoms with Crippen molar-refractivity contribution < 1.29 is 0 Å². The number of hydrogen-bond donors (Lipinski definition) is 1. The molecule has 0 aliphatic carbocycles.